The summed E-state index contributed by atoms with van der Waals surface area (Å²) in [7, 11) is -3.68. The summed E-state index contributed by atoms with van der Waals surface area (Å²) in [5.74, 6) is 0. The maximum atomic E-state index is 12.3. The number of rotatable bonds is 6. The van der Waals surface area contributed by atoms with Crippen LogP contribution in [-0.4, -0.2) is 24.7 Å². The van der Waals surface area contributed by atoms with E-state index in [-0.39, 0.29) is 4.90 Å². The summed E-state index contributed by atoms with van der Waals surface area (Å²) in [5, 5.41) is 4.53. The first-order chi connectivity index (χ1) is 9.94. The molecule has 0 radical (unpaired) electrons. The zero-order valence-electron chi connectivity index (χ0n) is 11.6. The van der Waals surface area contributed by atoms with Crippen molar-refractivity contribution in [1.29, 1.82) is 0 Å². The number of aryl methyl sites for hydroxylation is 1. The van der Waals surface area contributed by atoms with Crippen LogP contribution in [0.5, 0.6) is 0 Å². The highest BCUT2D eigenvalue weighted by Crippen LogP contribution is 2.25. The number of anilines is 1. The molecule has 114 valence electrons. The number of sulfonamides is 1. The van der Waals surface area contributed by atoms with Crippen LogP contribution in [0.4, 0.5) is 5.69 Å². The molecule has 0 amide bonds. The Morgan fingerprint density at radius 1 is 1.43 bits per heavy atom. The lowest BCUT2D eigenvalue weighted by Gasteiger charge is -2.10. The highest BCUT2D eigenvalue weighted by Gasteiger charge is 2.18. The van der Waals surface area contributed by atoms with Gasteiger partial charge in [0, 0.05) is 17.8 Å². The van der Waals surface area contributed by atoms with E-state index in [1.54, 1.807) is 29.8 Å². The molecule has 0 aliphatic carbocycles. The maximum Gasteiger partial charge on any atom is 0.265 e. The molecule has 0 atom stereocenters. The van der Waals surface area contributed by atoms with Crippen molar-refractivity contribution in [1.82, 2.24) is 9.78 Å². The molecule has 2 rings (SSSR count). The lowest BCUT2D eigenvalue weighted by atomic mass is 10.2. The monoisotopic (exact) mass is 328 g/mol. The second-order valence-corrected chi connectivity index (χ2v) is 6.69. The molecule has 3 N–H and O–H groups in total. The number of hydrogen-bond acceptors (Lipinski definition) is 4. The number of benzene rings is 1. The zero-order valence-corrected chi connectivity index (χ0v) is 13.2. The second-order valence-electron chi connectivity index (χ2n) is 4.60. The van der Waals surface area contributed by atoms with Gasteiger partial charge in [0.25, 0.3) is 10.0 Å². The van der Waals surface area contributed by atoms with Crippen LogP contribution in [0.25, 0.3) is 0 Å². The molecular weight excluding hydrogens is 312 g/mol. The zero-order chi connectivity index (χ0) is 15.5. The maximum absolute atomic E-state index is 12.3. The molecule has 0 saturated heterocycles. The fourth-order valence-electron chi connectivity index (χ4n) is 1.78. The van der Waals surface area contributed by atoms with E-state index in [0.29, 0.717) is 29.4 Å². The third-order valence-corrected chi connectivity index (χ3v) is 4.75. The molecule has 0 fully saturated rings. The molecule has 0 spiro atoms. The van der Waals surface area contributed by atoms with Gasteiger partial charge in [0.1, 0.15) is 4.90 Å². The van der Waals surface area contributed by atoms with Gasteiger partial charge in [0.2, 0.25) is 0 Å². The van der Waals surface area contributed by atoms with Crippen molar-refractivity contribution >= 4 is 27.3 Å². The van der Waals surface area contributed by atoms with E-state index < -0.39 is 10.0 Å². The van der Waals surface area contributed by atoms with Gasteiger partial charge in [-0.05, 0) is 37.6 Å². The number of nitrogens with zero attached hydrogens (tertiary/aromatic N) is 2. The molecule has 0 saturated carbocycles. The molecule has 1 aromatic carbocycles. The fourth-order valence-corrected chi connectivity index (χ4v) is 3.03. The molecule has 0 unspecified atom stereocenters. The molecule has 0 bridgehead atoms. The van der Waals surface area contributed by atoms with Gasteiger partial charge >= 0.3 is 0 Å². The lowest BCUT2D eigenvalue weighted by Crippen LogP contribution is -2.13. The Kier molecular flexibility index (Phi) is 4.87. The normalized spacial score (nSPS) is 11.6. The molecular formula is C13H17ClN4O2S. The van der Waals surface area contributed by atoms with Crippen LogP contribution >= 0.6 is 11.6 Å². The van der Waals surface area contributed by atoms with Gasteiger partial charge in [-0.1, -0.05) is 17.7 Å². The van der Waals surface area contributed by atoms with Crippen molar-refractivity contribution in [2.45, 2.75) is 24.8 Å². The molecule has 2 aromatic rings. The second kappa shape index (κ2) is 6.46. The summed E-state index contributed by atoms with van der Waals surface area (Å²) in [6.07, 6.45) is 3.54. The van der Waals surface area contributed by atoms with Crippen LogP contribution in [0.1, 0.15) is 12.0 Å². The van der Waals surface area contributed by atoms with E-state index in [0.717, 1.165) is 6.42 Å². The minimum Gasteiger partial charge on any atom is -0.330 e. The van der Waals surface area contributed by atoms with Crippen LogP contribution < -0.4 is 10.5 Å². The topological polar surface area (TPSA) is 90.0 Å². The summed E-state index contributed by atoms with van der Waals surface area (Å²) >= 11 is 5.99. The van der Waals surface area contributed by atoms with E-state index in [9.17, 15) is 8.42 Å². The number of hydrogen-bond donors (Lipinski definition) is 2. The summed E-state index contributed by atoms with van der Waals surface area (Å²) < 4.78 is 28.7. The van der Waals surface area contributed by atoms with E-state index in [4.69, 9.17) is 17.3 Å². The molecule has 1 aromatic heterocycles. The smallest absolute Gasteiger partial charge is 0.265 e. The van der Waals surface area contributed by atoms with Gasteiger partial charge in [-0.15, -0.1) is 0 Å². The number of nitrogens with two attached hydrogens (primary N) is 1. The van der Waals surface area contributed by atoms with Crippen LogP contribution in [-0.2, 0) is 16.6 Å². The van der Waals surface area contributed by atoms with Gasteiger partial charge in [0.05, 0.1) is 11.9 Å². The summed E-state index contributed by atoms with van der Waals surface area (Å²) in [6.45, 7) is 2.87. The Labute approximate surface area is 129 Å². The fraction of sp³-hybridized carbons (Fsp3) is 0.308. The van der Waals surface area contributed by atoms with Gasteiger partial charge in [0.15, 0.2) is 0 Å². The van der Waals surface area contributed by atoms with Crippen molar-refractivity contribution in [3.63, 3.8) is 0 Å². The third kappa shape index (κ3) is 3.75. The predicted octanol–water partition coefficient (Wildman–Crippen LogP) is 1.99. The minimum absolute atomic E-state index is 0.110. The first kappa shape index (κ1) is 15.8. The van der Waals surface area contributed by atoms with Gasteiger partial charge < -0.3 is 5.73 Å². The van der Waals surface area contributed by atoms with Crippen LogP contribution in [0.2, 0.25) is 5.02 Å². The first-order valence-corrected chi connectivity index (χ1v) is 8.30. The largest absolute Gasteiger partial charge is 0.330 e. The Morgan fingerprint density at radius 3 is 2.90 bits per heavy atom. The van der Waals surface area contributed by atoms with Crippen molar-refractivity contribution in [3.8, 4) is 0 Å². The van der Waals surface area contributed by atoms with E-state index in [2.05, 4.69) is 9.82 Å². The van der Waals surface area contributed by atoms with E-state index in [1.165, 1.54) is 12.4 Å². The summed E-state index contributed by atoms with van der Waals surface area (Å²) in [5.41, 5.74) is 6.55. The Hall–Kier alpha value is -1.57. The average Bonchev–Trinajstić information content (AvgIpc) is 2.91. The molecule has 0 aliphatic heterocycles. The molecule has 1 heterocycles. The quantitative estimate of drug-likeness (QED) is 0.848. The van der Waals surface area contributed by atoms with Crippen molar-refractivity contribution in [2.75, 3.05) is 11.3 Å². The minimum atomic E-state index is -3.68. The van der Waals surface area contributed by atoms with E-state index >= 15 is 0 Å². The van der Waals surface area contributed by atoms with Gasteiger partial charge in [-0.25, -0.2) is 8.42 Å². The number of halogens is 1. The van der Waals surface area contributed by atoms with Gasteiger partial charge in [-0.3, -0.25) is 9.40 Å². The summed E-state index contributed by atoms with van der Waals surface area (Å²) in [4.78, 5) is 0.110. The van der Waals surface area contributed by atoms with Crippen LogP contribution in [0.15, 0.2) is 35.5 Å². The standard InChI is InChI=1S/C13H17ClN4O2S/c1-10-12(14)4-2-5-13(10)17-21(19,20)11-8-16-18(9-11)7-3-6-15/h2,4-5,8-9,17H,3,6-7,15H2,1H3. The van der Waals surface area contributed by atoms with E-state index in [1.807, 2.05) is 0 Å². The first-order valence-electron chi connectivity index (χ1n) is 6.44. The Morgan fingerprint density at radius 2 is 2.19 bits per heavy atom. The number of nitrogens with one attached hydrogen (secondary N) is 1. The lowest BCUT2D eigenvalue weighted by molar-refractivity contribution is 0.582. The van der Waals surface area contributed by atoms with Gasteiger partial charge in [-0.2, -0.15) is 5.10 Å². The SMILES string of the molecule is Cc1c(Cl)cccc1NS(=O)(=O)c1cnn(CCCN)c1. The van der Waals surface area contributed by atoms with Crippen molar-refractivity contribution in [2.24, 2.45) is 5.73 Å². The van der Waals surface area contributed by atoms with Crippen LogP contribution in [0, 0.1) is 6.92 Å². The highest BCUT2D eigenvalue weighted by atomic mass is 35.5. The van der Waals surface area contributed by atoms with Crippen LogP contribution in [0.3, 0.4) is 0 Å². The van der Waals surface area contributed by atoms with Crippen molar-refractivity contribution in [3.05, 3.63) is 41.2 Å². The third-order valence-electron chi connectivity index (χ3n) is 3.02. The number of aromatic nitrogens is 2. The molecule has 21 heavy (non-hydrogen) atoms. The molecule has 8 heteroatoms. The average molecular weight is 329 g/mol. The molecule has 0 aliphatic rings. The Balaban J connectivity index is 2.22. The summed E-state index contributed by atoms with van der Waals surface area (Å²) in [6, 6.07) is 5.06. The predicted molar refractivity (Wildman–Crippen MR) is 82.9 cm³/mol. The molecule has 6 nitrogen and oxygen atoms in total. The highest BCUT2D eigenvalue weighted by molar-refractivity contribution is 7.92. The van der Waals surface area contributed by atoms with Crippen molar-refractivity contribution < 1.29 is 8.42 Å². The Bertz CT molecular complexity index is 728.